The van der Waals surface area contributed by atoms with Crippen LogP contribution in [0.5, 0.6) is 0 Å². The number of thiocarbonyl (C=S) groups is 1. The minimum Gasteiger partial charge on any atom is -0.344 e. The van der Waals surface area contributed by atoms with Crippen LogP contribution < -0.4 is 5.32 Å². The predicted molar refractivity (Wildman–Crippen MR) is 117 cm³/mol. The molecule has 1 aliphatic heterocycles. The van der Waals surface area contributed by atoms with Crippen molar-refractivity contribution < 1.29 is 0 Å². The highest BCUT2D eigenvalue weighted by molar-refractivity contribution is 7.80. The van der Waals surface area contributed by atoms with E-state index in [9.17, 15) is 0 Å². The zero-order chi connectivity index (χ0) is 18.4. The summed E-state index contributed by atoms with van der Waals surface area (Å²) in [7, 11) is 0. The fraction of sp³-hybridized carbons (Fsp3) is 0.450. The van der Waals surface area contributed by atoms with Crippen LogP contribution in [0, 0.1) is 6.92 Å². The summed E-state index contributed by atoms with van der Waals surface area (Å²) in [5.74, 6) is 0. The molecular formula is C20H26ClN3S2. The molecule has 2 heterocycles. The molecule has 1 aromatic carbocycles. The Bertz CT molecular complexity index is 712. The van der Waals surface area contributed by atoms with E-state index >= 15 is 0 Å². The van der Waals surface area contributed by atoms with Crippen LogP contribution in [-0.2, 0) is 6.54 Å². The van der Waals surface area contributed by atoms with Crippen LogP contribution in [0.1, 0.15) is 29.7 Å². The summed E-state index contributed by atoms with van der Waals surface area (Å²) in [5.41, 5.74) is 2.05. The van der Waals surface area contributed by atoms with Crippen LogP contribution in [0.2, 0.25) is 5.02 Å². The van der Waals surface area contributed by atoms with E-state index in [1.54, 1.807) is 11.3 Å². The van der Waals surface area contributed by atoms with Crippen molar-refractivity contribution in [3.8, 4) is 0 Å². The average Bonchev–Trinajstić information content (AvgIpc) is 3.31. The highest BCUT2D eigenvalue weighted by atomic mass is 35.5. The van der Waals surface area contributed by atoms with Crippen LogP contribution in [0.25, 0.3) is 0 Å². The molecule has 3 nitrogen and oxygen atoms in total. The maximum Gasteiger partial charge on any atom is 0.173 e. The SMILES string of the molecule is Cc1cc(NC(=S)N(CCCN2CCCC2)Cc2cccs2)ccc1Cl. The summed E-state index contributed by atoms with van der Waals surface area (Å²) in [6, 6.07) is 10.2. The topological polar surface area (TPSA) is 18.5 Å². The number of thiophene rings is 1. The van der Waals surface area contributed by atoms with Crippen LogP contribution in [0.15, 0.2) is 35.7 Å². The third-order valence-corrected chi connectivity index (χ3v) is 6.37. The Morgan fingerprint density at radius 2 is 2.12 bits per heavy atom. The number of hydrogen-bond donors (Lipinski definition) is 1. The second-order valence-corrected chi connectivity index (χ2v) is 8.62. The molecule has 1 N–H and O–H groups in total. The Morgan fingerprint density at radius 3 is 2.81 bits per heavy atom. The summed E-state index contributed by atoms with van der Waals surface area (Å²) in [6.07, 6.45) is 3.82. The van der Waals surface area contributed by atoms with Gasteiger partial charge in [0.15, 0.2) is 5.11 Å². The maximum absolute atomic E-state index is 6.13. The van der Waals surface area contributed by atoms with Crippen molar-refractivity contribution in [2.75, 3.05) is 31.5 Å². The molecule has 1 aromatic heterocycles. The summed E-state index contributed by atoms with van der Waals surface area (Å²) < 4.78 is 0. The fourth-order valence-electron chi connectivity index (χ4n) is 3.26. The van der Waals surface area contributed by atoms with Crippen molar-refractivity contribution in [2.45, 2.75) is 32.7 Å². The Kier molecular flexibility index (Phi) is 7.32. The minimum atomic E-state index is 0.779. The third kappa shape index (κ3) is 5.68. The Hall–Kier alpha value is -1.14. The first kappa shape index (κ1) is 19.6. The number of nitrogens with one attached hydrogen (secondary N) is 1. The van der Waals surface area contributed by atoms with E-state index in [-0.39, 0.29) is 0 Å². The predicted octanol–water partition coefficient (Wildman–Crippen LogP) is 5.39. The van der Waals surface area contributed by atoms with Crippen LogP contribution >= 0.6 is 35.2 Å². The van der Waals surface area contributed by atoms with E-state index in [4.69, 9.17) is 23.8 Å². The van der Waals surface area contributed by atoms with E-state index < -0.39 is 0 Å². The average molecular weight is 408 g/mol. The molecular weight excluding hydrogens is 382 g/mol. The summed E-state index contributed by atoms with van der Waals surface area (Å²) in [4.78, 5) is 6.17. The van der Waals surface area contributed by atoms with E-state index in [1.165, 1.54) is 30.8 Å². The molecule has 0 radical (unpaired) electrons. The quantitative estimate of drug-likeness (QED) is 0.619. The van der Waals surface area contributed by atoms with Gasteiger partial charge in [0.2, 0.25) is 0 Å². The first-order valence-electron chi connectivity index (χ1n) is 9.18. The lowest BCUT2D eigenvalue weighted by atomic mass is 10.2. The normalized spacial score (nSPS) is 14.5. The summed E-state index contributed by atoms with van der Waals surface area (Å²) in [6.45, 7) is 7.48. The van der Waals surface area contributed by atoms with Gasteiger partial charge in [-0.25, -0.2) is 0 Å². The van der Waals surface area contributed by atoms with E-state index in [2.05, 4.69) is 32.6 Å². The largest absolute Gasteiger partial charge is 0.344 e. The van der Waals surface area contributed by atoms with Gasteiger partial charge in [0.25, 0.3) is 0 Å². The van der Waals surface area contributed by atoms with Crippen LogP contribution in [-0.4, -0.2) is 41.1 Å². The number of rotatable bonds is 7. The van der Waals surface area contributed by atoms with Crippen molar-refractivity contribution in [1.82, 2.24) is 9.80 Å². The molecule has 26 heavy (non-hydrogen) atoms. The summed E-state index contributed by atoms with van der Waals surface area (Å²) >= 11 is 13.6. The van der Waals surface area contributed by atoms with Crippen molar-refractivity contribution >= 4 is 46.0 Å². The highest BCUT2D eigenvalue weighted by Gasteiger charge is 2.15. The van der Waals surface area contributed by atoms with Crippen molar-refractivity contribution in [2.24, 2.45) is 0 Å². The zero-order valence-electron chi connectivity index (χ0n) is 15.2. The van der Waals surface area contributed by atoms with E-state index in [0.29, 0.717) is 0 Å². The smallest absolute Gasteiger partial charge is 0.173 e. The van der Waals surface area contributed by atoms with Crippen LogP contribution in [0.4, 0.5) is 5.69 Å². The minimum absolute atomic E-state index is 0.779. The number of halogens is 1. The number of hydrogen-bond acceptors (Lipinski definition) is 3. The lowest BCUT2D eigenvalue weighted by molar-refractivity contribution is 0.307. The van der Waals surface area contributed by atoms with Gasteiger partial charge in [0, 0.05) is 22.1 Å². The van der Waals surface area contributed by atoms with Gasteiger partial charge < -0.3 is 15.1 Å². The lowest BCUT2D eigenvalue weighted by Gasteiger charge is -2.26. The molecule has 1 fully saturated rings. The molecule has 6 heteroatoms. The van der Waals surface area contributed by atoms with Crippen molar-refractivity contribution in [3.63, 3.8) is 0 Å². The monoisotopic (exact) mass is 407 g/mol. The number of nitrogens with zero attached hydrogens (tertiary/aromatic N) is 2. The van der Waals surface area contributed by atoms with Gasteiger partial charge in [-0.1, -0.05) is 17.7 Å². The van der Waals surface area contributed by atoms with Crippen molar-refractivity contribution in [3.05, 3.63) is 51.2 Å². The molecule has 0 amide bonds. The standard InChI is InChI=1S/C20H26ClN3S2/c1-16-14-17(7-8-19(16)21)22-20(25)24(15-18-6-4-13-26-18)12-5-11-23-9-2-3-10-23/h4,6-8,13-14H,2-3,5,9-12,15H2,1H3,(H,22,25). The number of aryl methyl sites for hydroxylation is 1. The van der Waals surface area contributed by atoms with Gasteiger partial charge in [0.1, 0.15) is 0 Å². The fourth-order valence-corrected chi connectivity index (χ4v) is 4.37. The van der Waals surface area contributed by atoms with Gasteiger partial charge in [0.05, 0.1) is 6.54 Å². The molecule has 0 aliphatic carbocycles. The molecule has 0 atom stereocenters. The Balaban J connectivity index is 1.60. The second kappa shape index (κ2) is 9.70. The molecule has 3 rings (SSSR count). The Morgan fingerprint density at radius 1 is 1.31 bits per heavy atom. The molecule has 1 saturated heterocycles. The highest BCUT2D eigenvalue weighted by Crippen LogP contribution is 2.20. The zero-order valence-corrected chi connectivity index (χ0v) is 17.6. The van der Waals surface area contributed by atoms with Gasteiger partial charge in [-0.05, 0) is 93.2 Å². The lowest BCUT2D eigenvalue weighted by Crippen LogP contribution is -2.36. The number of benzene rings is 1. The molecule has 2 aromatic rings. The van der Waals surface area contributed by atoms with Gasteiger partial charge in [-0.2, -0.15) is 0 Å². The molecule has 0 bridgehead atoms. The van der Waals surface area contributed by atoms with Gasteiger partial charge >= 0.3 is 0 Å². The first-order chi connectivity index (χ1) is 12.6. The van der Waals surface area contributed by atoms with Gasteiger partial charge in [-0.3, -0.25) is 0 Å². The molecule has 140 valence electrons. The maximum atomic E-state index is 6.13. The third-order valence-electron chi connectivity index (χ3n) is 4.72. The molecule has 0 spiro atoms. The van der Waals surface area contributed by atoms with E-state index in [0.717, 1.165) is 47.4 Å². The number of likely N-dealkylation sites (tertiary alicyclic amines) is 1. The molecule has 0 unspecified atom stereocenters. The molecule has 1 aliphatic rings. The van der Waals surface area contributed by atoms with Gasteiger partial charge in [-0.15, -0.1) is 11.3 Å². The van der Waals surface area contributed by atoms with Crippen molar-refractivity contribution in [1.29, 1.82) is 0 Å². The van der Waals surface area contributed by atoms with E-state index in [1.807, 2.05) is 25.1 Å². The van der Waals surface area contributed by atoms with Crippen LogP contribution in [0.3, 0.4) is 0 Å². The first-order valence-corrected chi connectivity index (χ1v) is 10.9. The molecule has 0 saturated carbocycles. The number of anilines is 1. The Labute approximate surface area is 171 Å². The second-order valence-electron chi connectivity index (χ2n) is 6.80. The summed E-state index contributed by atoms with van der Waals surface area (Å²) in [5, 5.41) is 7.07.